The fourth-order valence-corrected chi connectivity index (χ4v) is 4.17. The topological polar surface area (TPSA) is 0 Å². The average molecular weight is 150 g/mol. The predicted octanol–water partition coefficient (Wildman–Crippen LogP) is 3.08. The zero-order valence-electron chi connectivity index (χ0n) is 8.07. The molecule has 3 saturated carbocycles. The maximum Gasteiger partial charge on any atom is -0.0170 e. The molecule has 0 aromatic heterocycles. The molecule has 0 amide bonds. The second kappa shape index (κ2) is 1.20. The van der Waals surface area contributed by atoms with Gasteiger partial charge in [0.15, 0.2) is 0 Å². The van der Waals surface area contributed by atoms with Gasteiger partial charge in [0.2, 0.25) is 0 Å². The Kier molecular flexibility index (Phi) is 0.709. The highest BCUT2D eigenvalue weighted by molar-refractivity contribution is 5.42. The Hall–Kier alpha value is 0. The van der Waals surface area contributed by atoms with Crippen molar-refractivity contribution >= 4 is 0 Å². The van der Waals surface area contributed by atoms with E-state index in [0.717, 1.165) is 16.7 Å². The summed E-state index contributed by atoms with van der Waals surface area (Å²) in [6.07, 6.45) is 3.10. The lowest BCUT2D eigenvalue weighted by molar-refractivity contribution is -0.000666. The molecule has 4 unspecified atom stereocenters. The summed E-state index contributed by atoms with van der Waals surface area (Å²) in [5, 5.41) is 0. The summed E-state index contributed by atoms with van der Waals surface area (Å²) in [4.78, 5) is 0. The zero-order chi connectivity index (χ0) is 8.07. The van der Waals surface area contributed by atoms with Crippen LogP contribution in [0.15, 0.2) is 0 Å². The molecule has 0 saturated heterocycles. The third kappa shape index (κ3) is 0.421. The quantitative estimate of drug-likeness (QED) is 0.498. The van der Waals surface area contributed by atoms with Gasteiger partial charge in [0.1, 0.15) is 0 Å². The minimum Gasteiger partial charge on any atom is -0.0599 e. The van der Waals surface area contributed by atoms with Crippen molar-refractivity contribution < 1.29 is 0 Å². The van der Waals surface area contributed by atoms with Gasteiger partial charge in [-0.05, 0) is 40.9 Å². The molecule has 1 spiro atoms. The summed E-state index contributed by atoms with van der Waals surface area (Å²) < 4.78 is 0. The third-order valence-electron chi connectivity index (χ3n) is 5.05. The largest absolute Gasteiger partial charge is 0.0599 e. The molecule has 4 atom stereocenters. The highest BCUT2D eigenvalue weighted by Gasteiger charge is 2.95. The summed E-state index contributed by atoms with van der Waals surface area (Å²) in [5.41, 5.74) is 2.33. The van der Waals surface area contributed by atoms with Crippen molar-refractivity contribution in [1.29, 1.82) is 0 Å². The minimum atomic E-state index is 0.588. The van der Waals surface area contributed by atoms with Crippen LogP contribution < -0.4 is 0 Å². The van der Waals surface area contributed by atoms with Crippen LogP contribution in [0.2, 0.25) is 0 Å². The van der Waals surface area contributed by atoms with Crippen LogP contribution >= 0.6 is 0 Å². The number of hydrogen-bond acceptors (Lipinski definition) is 0. The second-order valence-electron chi connectivity index (χ2n) is 6.34. The first-order chi connectivity index (χ1) is 4.93. The Morgan fingerprint density at radius 3 is 1.91 bits per heavy atom. The van der Waals surface area contributed by atoms with E-state index in [-0.39, 0.29) is 0 Å². The smallest absolute Gasteiger partial charge is 0.0170 e. The maximum atomic E-state index is 2.50. The molecule has 0 aromatic carbocycles. The highest BCUT2D eigenvalue weighted by Crippen LogP contribution is 3.01. The first kappa shape index (κ1) is 6.51. The van der Waals surface area contributed by atoms with E-state index in [9.17, 15) is 0 Å². The molecular formula is C11H18. The number of fused-ring (bicyclic) bond motifs is 1. The zero-order valence-corrected chi connectivity index (χ0v) is 8.07. The van der Waals surface area contributed by atoms with Crippen molar-refractivity contribution in [3.05, 3.63) is 0 Å². The SMILES string of the molecule is CC(C)(C)C1CC2(C)C3CC132. The summed E-state index contributed by atoms with van der Waals surface area (Å²) in [7, 11) is 0. The Morgan fingerprint density at radius 2 is 1.82 bits per heavy atom. The van der Waals surface area contributed by atoms with Crippen molar-refractivity contribution in [2.75, 3.05) is 0 Å². The Balaban J connectivity index is 1.88. The average Bonchev–Trinajstić information content (AvgIpc) is 2.65. The van der Waals surface area contributed by atoms with E-state index in [1.165, 1.54) is 12.3 Å². The molecule has 0 nitrogen and oxygen atoms in total. The van der Waals surface area contributed by atoms with Crippen LogP contribution in [0, 0.1) is 28.1 Å². The highest BCUT2D eigenvalue weighted by atomic mass is 15.0. The van der Waals surface area contributed by atoms with Gasteiger partial charge >= 0.3 is 0 Å². The van der Waals surface area contributed by atoms with Crippen molar-refractivity contribution in [2.24, 2.45) is 28.1 Å². The molecule has 3 fully saturated rings. The van der Waals surface area contributed by atoms with Gasteiger partial charge in [-0.15, -0.1) is 0 Å². The lowest BCUT2D eigenvalue weighted by Crippen LogP contribution is -2.41. The summed E-state index contributed by atoms with van der Waals surface area (Å²) in [6, 6.07) is 0. The van der Waals surface area contributed by atoms with Gasteiger partial charge in [-0.1, -0.05) is 27.7 Å². The minimum absolute atomic E-state index is 0.588. The van der Waals surface area contributed by atoms with E-state index >= 15 is 0 Å². The Morgan fingerprint density at radius 1 is 1.18 bits per heavy atom. The molecule has 0 aromatic rings. The van der Waals surface area contributed by atoms with Gasteiger partial charge in [-0.3, -0.25) is 0 Å². The van der Waals surface area contributed by atoms with Crippen LogP contribution in [-0.4, -0.2) is 0 Å². The second-order valence-corrected chi connectivity index (χ2v) is 6.34. The van der Waals surface area contributed by atoms with E-state index in [4.69, 9.17) is 0 Å². The van der Waals surface area contributed by atoms with E-state index in [0.29, 0.717) is 5.41 Å². The van der Waals surface area contributed by atoms with Crippen LogP contribution in [0.5, 0.6) is 0 Å². The Bertz CT molecular complexity index is 235. The van der Waals surface area contributed by atoms with Gasteiger partial charge in [-0.25, -0.2) is 0 Å². The molecule has 0 heterocycles. The van der Waals surface area contributed by atoms with Crippen LogP contribution in [0.3, 0.4) is 0 Å². The van der Waals surface area contributed by atoms with Crippen molar-refractivity contribution in [3.63, 3.8) is 0 Å². The van der Waals surface area contributed by atoms with Gasteiger partial charge in [-0.2, -0.15) is 0 Å². The standard InChI is InChI=1S/C11H18/c1-9(2,3)7-5-10(4)8-6-11(7,8)10/h7-8H,5-6H2,1-4H3. The van der Waals surface area contributed by atoms with Crippen LogP contribution in [-0.2, 0) is 0 Å². The van der Waals surface area contributed by atoms with Crippen LogP contribution in [0.4, 0.5) is 0 Å². The van der Waals surface area contributed by atoms with Crippen LogP contribution in [0.25, 0.3) is 0 Å². The molecule has 0 heteroatoms. The fourth-order valence-electron chi connectivity index (χ4n) is 4.17. The molecular weight excluding hydrogens is 132 g/mol. The normalized spacial score (nSPS) is 64.4. The van der Waals surface area contributed by atoms with Gasteiger partial charge < -0.3 is 0 Å². The number of hydrogen-bond donors (Lipinski definition) is 0. The first-order valence-corrected chi connectivity index (χ1v) is 4.93. The molecule has 3 rings (SSSR count). The van der Waals surface area contributed by atoms with Crippen molar-refractivity contribution in [2.45, 2.75) is 40.5 Å². The third-order valence-corrected chi connectivity index (χ3v) is 5.05. The summed E-state index contributed by atoms with van der Waals surface area (Å²) in [6.45, 7) is 9.75. The molecule has 62 valence electrons. The van der Waals surface area contributed by atoms with E-state index < -0.39 is 0 Å². The number of rotatable bonds is 0. The molecule has 11 heavy (non-hydrogen) atoms. The predicted molar refractivity (Wildman–Crippen MR) is 46.2 cm³/mol. The fraction of sp³-hybridized carbons (Fsp3) is 1.00. The van der Waals surface area contributed by atoms with E-state index in [2.05, 4.69) is 27.7 Å². The molecule has 0 radical (unpaired) electrons. The van der Waals surface area contributed by atoms with Gasteiger partial charge in [0.05, 0.1) is 0 Å². The molecule has 3 aliphatic carbocycles. The van der Waals surface area contributed by atoms with Gasteiger partial charge in [0.25, 0.3) is 0 Å². The van der Waals surface area contributed by atoms with E-state index in [1.807, 2.05) is 0 Å². The maximum absolute atomic E-state index is 2.50. The lowest BCUT2D eigenvalue weighted by Gasteiger charge is -2.49. The van der Waals surface area contributed by atoms with Crippen molar-refractivity contribution in [1.82, 2.24) is 0 Å². The van der Waals surface area contributed by atoms with Crippen LogP contribution in [0.1, 0.15) is 40.5 Å². The summed E-state index contributed by atoms with van der Waals surface area (Å²) >= 11 is 0. The van der Waals surface area contributed by atoms with Crippen molar-refractivity contribution in [3.8, 4) is 0 Å². The molecule has 0 bridgehead atoms. The lowest BCUT2D eigenvalue weighted by atomic mass is 9.56. The van der Waals surface area contributed by atoms with E-state index in [1.54, 1.807) is 6.42 Å². The Labute approximate surface area is 69.4 Å². The molecule has 0 aliphatic heterocycles. The monoisotopic (exact) mass is 150 g/mol. The molecule has 3 aliphatic rings. The summed E-state index contributed by atoms with van der Waals surface area (Å²) in [5.74, 6) is 2.23. The molecule has 0 N–H and O–H groups in total. The van der Waals surface area contributed by atoms with Gasteiger partial charge in [0, 0.05) is 0 Å². The first-order valence-electron chi connectivity index (χ1n) is 4.93.